The van der Waals surface area contributed by atoms with Crippen LogP contribution in [0.5, 0.6) is 0 Å². The van der Waals surface area contributed by atoms with E-state index in [9.17, 15) is 0 Å². The number of benzene rings is 7. The molecular formula is C71H78BN3S. The van der Waals surface area contributed by atoms with Gasteiger partial charge < -0.3 is 14.7 Å². The molecule has 2 aliphatic carbocycles. The molecule has 13 rings (SSSR count). The third kappa shape index (κ3) is 7.18. The quantitative estimate of drug-likeness (QED) is 0.163. The fourth-order valence-corrected chi connectivity index (χ4v) is 15.8. The summed E-state index contributed by atoms with van der Waals surface area (Å²) in [4.78, 5) is 8.00. The van der Waals surface area contributed by atoms with E-state index in [-0.39, 0.29) is 44.6 Å². The van der Waals surface area contributed by atoms with E-state index in [0.717, 1.165) is 6.42 Å². The zero-order valence-corrected chi connectivity index (χ0v) is 49.2. The number of nitrogens with zero attached hydrogens (tertiary/aromatic N) is 3. The van der Waals surface area contributed by atoms with Crippen LogP contribution in [0.15, 0.2) is 133 Å². The second-order valence-electron chi connectivity index (χ2n) is 28.8. The van der Waals surface area contributed by atoms with Crippen LogP contribution in [0.1, 0.15) is 181 Å². The highest BCUT2D eigenvalue weighted by atomic mass is 32.1. The zero-order chi connectivity index (χ0) is 53.6. The maximum atomic E-state index is 2.77. The SMILES string of the molecule is CC(C)(C)c1ccc(N2c3ccc(C(C)(C)C)cc3B3c4sc5cc6c(cc5c4N(c4ccc5c(c4)C(C)(C)CCC5(C)C)c4cc(N5c7ccccc7C(C)(C)c7ccccc75)cc2c43)C(C)(C)CCC6(C)C)cc1. The van der Waals surface area contributed by atoms with E-state index < -0.39 is 0 Å². The predicted octanol–water partition coefficient (Wildman–Crippen LogP) is 18.4. The molecule has 76 heavy (non-hydrogen) atoms. The molecule has 0 fully saturated rings. The van der Waals surface area contributed by atoms with Gasteiger partial charge in [-0.25, -0.2) is 0 Å². The van der Waals surface area contributed by atoms with Crippen LogP contribution < -0.4 is 30.4 Å². The molecule has 0 saturated heterocycles. The van der Waals surface area contributed by atoms with Crippen LogP contribution in [0, 0.1) is 0 Å². The predicted molar refractivity (Wildman–Crippen MR) is 331 cm³/mol. The lowest BCUT2D eigenvalue weighted by Gasteiger charge is -2.46. The van der Waals surface area contributed by atoms with Gasteiger partial charge in [-0.3, -0.25) is 0 Å². The maximum Gasteiger partial charge on any atom is 0.264 e. The second kappa shape index (κ2) is 16.0. The molecule has 0 amide bonds. The fourth-order valence-electron chi connectivity index (χ4n) is 14.4. The molecule has 4 heterocycles. The number of fused-ring (bicyclic) bond motifs is 10. The first-order valence-electron chi connectivity index (χ1n) is 28.5. The molecule has 0 bridgehead atoms. The van der Waals surface area contributed by atoms with Crippen LogP contribution >= 0.6 is 11.3 Å². The Morgan fingerprint density at radius 2 is 0.895 bits per heavy atom. The van der Waals surface area contributed by atoms with Gasteiger partial charge in [0.15, 0.2) is 0 Å². The van der Waals surface area contributed by atoms with Gasteiger partial charge in [0.05, 0.1) is 22.7 Å². The Morgan fingerprint density at radius 1 is 0.408 bits per heavy atom. The molecule has 0 unspecified atom stereocenters. The molecule has 3 nitrogen and oxygen atoms in total. The molecule has 0 atom stereocenters. The van der Waals surface area contributed by atoms with E-state index in [0.29, 0.717) is 0 Å². The largest absolute Gasteiger partial charge is 0.311 e. The minimum atomic E-state index is -0.191. The van der Waals surface area contributed by atoms with Gasteiger partial charge in [-0.15, -0.1) is 11.3 Å². The summed E-state index contributed by atoms with van der Waals surface area (Å²) in [5, 5.41) is 1.38. The van der Waals surface area contributed by atoms with Gasteiger partial charge in [-0.1, -0.05) is 178 Å². The number of para-hydroxylation sites is 2. The van der Waals surface area contributed by atoms with E-state index in [1.807, 2.05) is 0 Å². The van der Waals surface area contributed by atoms with Gasteiger partial charge >= 0.3 is 0 Å². The van der Waals surface area contributed by atoms with Crippen molar-refractivity contribution in [3.63, 3.8) is 0 Å². The Bertz CT molecular complexity index is 3690. The van der Waals surface area contributed by atoms with E-state index in [4.69, 9.17) is 0 Å². The molecule has 3 aliphatic heterocycles. The van der Waals surface area contributed by atoms with Crippen LogP contribution in [-0.2, 0) is 37.9 Å². The lowest BCUT2D eigenvalue weighted by molar-refractivity contribution is 0.332. The van der Waals surface area contributed by atoms with Gasteiger partial charge in [0.1, 0.15) is 0 Å². The van der Waals surface area contributed by atoms with Crippen LogP contribution in [0.2, 0.25) is 0 Å². The molecule has 0 saturated carbocycles. The Hall–Kier alpha value is -6.04. The Morgan fingerprint density at radius 3 is 1.47 bits per heavy atom. The van der Waals surface area contributed by atoms with Crippen molar-refractivity contribution in [2.24, 2.45) is 0 Å². The third-order valence-electron chi connectivity index (χ3n) is 19.5. The van der Waals surface area contributed by atoms with Crippen molar-refractivity contribution in [2.45, 2.75) is 174 Å². The number of hydrogen-bond acceptors (Lipinski definition) is 4. The van der Waals surface area contributed by atoms with Gasteiger partial charge in [-0.05, 0) is 180 Å². The van der Waals surface area contributed by atoms with Gasteiger partial charge in [0, 0.05) is 48.7 Å². The fraction of sp³-hybridized carbons (Fsp3) is 0.380. The highest BCUT2D eigenvalue weighted by Gasteiger charge is 2.49. The second-order valence-corrected chi connectivity index (χ2v) is 29.9. The minimum Gasteiger partial charge on any atom is -0.311 e. The van der Waals surface area contributed by atoms with E-state index in [1.54, 1.807) is 0 Å². The summed E-state index contributed by atoms with van der Waals surface area (Å²) < 4.78 is 2.83. The zero-order valence-electron chi connectivity index (χ0n) is 48.4. The van der Waals surface area contributed by atoms with Crippen molar-refractivity contribution < 1.29 is 0 Å². The van der Waals surface area contributed by atoms with Crippen molar-refractivity contribution >= 4 is 95.0 Å². The number of rotatable bonds is 3. The topological polar surface area (TPSA) is 9.72 Å². The number of hydrogen-bond donors (Lipinski definition) is 0. The summed E-state index contributed by atoms with van der Waals surface area (Å²) in [6, 6.07) is 53.5. The van der Waals surface area contributed by atoms with Gasteiger partial charge in [-0.2, -0.15) is 0 Å². The first kappa shape index (κ1) is 49.5. The van der Waals surface area contributed by atoms with E-state index >= 15 is 0 Å². The highest BCUT2D eigenvalue weighted by molar-refractivity contribution is 7.33. The lowest BCUT2D eigenvalue weighted by Crippen LogP contribution is -2.60. The molecule has 0 spiro atoms. The van der Waals surface area contributed by atoms with E-state index in [2.05, 4.69) is 270 Å². The number of anilines is 9. The molecule has 1 aromatic heterocycles. The van der Waals surface area contributed by atoms with Crippen molar-refractivity contribution in [2.75, 3.05) is 14.7 Å². The highest BCUT2D eigenvalue weighted by Crippen LogP contribution is 2.57. The van der Waals surface area contributed by atoms with Crippen molar-refractivity contribution in [3.8, 4) is 0 Å². The van der Waals surface area contributed by atoms with Crippen LogP contribution in [0.25, 0.3) is 10.1 Å². The molecule has 8 aromatic rings. The lowest BCUT2D eigenvalue weighted by atomic mass is 9.36. The van der Waals surface area contributed by atoms with E-state index in [1.165, 1.54) is 141 Å². The van der Waals surface area contributed by atoms with Gasteiger partial charge in [0.25, 0.3) is 6.71 Å². The van der Waals surface area contributed by atoms with Gasteiger partial charge in [0.2, 0.25) is 0 Å². The monoisotopic (exact) mass is 1020 g/mol. The summed E-state index contributed by atoms with van der Waals surface area (Å²) >= 11 is 2.06. The van der Waals surface area contributed by atoms with Crippen molar-refractivity contribution in [1.29, 1.82) is 0 Å². The molecule has 0 N–H and O–H groups in total. The summed E-state index contributed by atoms with van der Waals surface area (Å²) in [5.74, 6) is 0. The van der Waals surface area contributed by atoms with Crippen molar-refractivity contribution in [3.05, 3.63) is 178 Å². The summed E-state index contributed by atoms with van der Waals surface area (Å²) in [6.45, 7) is 38.8. The first-order valence-corrected chi connectivity index (χ1v) is 29.3. The third-order valence-corrected chi connectivity index (χ3v) is 20.7. The summed E-state index contributed by atoms with van der Waals surface area (Å²) in [7, 11) is 0. The smallest absolute Gasteiger partial charge is 0.264 e. The average molecular weight is 1020 g/mol. The van der Waals surface area contributed by atoms with Crippen LogP contribution in [0.3, 0.4) is 0 Å². The molecular weight excluding hydrogens is 938 g/mol. The Balaban J connectivity index is 1.20. The normalized spacial score (nSPS) is 19.0. The minimum absolute atomic E-state index is 0.00369. The first-order chi connectivity index (χ1) is 35.7. The average Bonchev–Trinajstić information content (AvgIpc) is 3.87. The summed E-state index contributed by atoms with van der Waals surface area (Å²) in [6.07, 6.45) is 4.70. The standard InChI is InChI=1S/C71H78BN3S/c1-65(2,3)43-25-28-45(29-26-43)73-58-32-27-44(66(4,5)6)37-55(58)72-62-59(73)39-47(74-56-23-19-17-21-50(56)71(15,16)51-22-18-20-24-57(51)74)40-60(62)75(46-30-31-49-52(38-46)68(9,10)34-33-67(49,7)8)63-48-41-53-54(42-61(48)76-64(63)72)70(13,14)36-35-69(53,11)12/h17-32,37-42H,33-36H2,1-16H3. The summed E-state index contributed by atoms with van der Waals surface area (Å²) in [5.41, 5.74) is 25.4. The Kier molecular flexibility index (Phi) is 10.4. The molecule has 7 aromatic carbocycles. The van der Waals surface area contributed by atoms with Crippen LogP contribution in [0.4, 0.5) is 51.2 Å². The molecule has 5 aliphatic rings. The number of thiophene rings is 1. The van der Waals surface area contributed by atoms with Crippen molar-refractivity contribution in [1.82, 2.24) is 0 Å². The molecule has 5 heteroatoms. The Labute approximate surface area is 459 Å². The molecule has 386 valence electrons. The maximum absolute atomic E-state index is 2.77. The molecule has 0 radical (unpaired) electrons. The van der Waals surface area contributed by atoms with Crippen LogP contribution in [-0.4, -0.2) is 6.71 Å².